The van der Waals surface area contributed by atoms with Gasteiger partial charge in [0, 0.05) is 20.7 Å². The number of hydrogen-bond donors (Lipinski definition) is 0. The Morgan fingerprint density at radius 1 is 1.56 bits per heavy atom. The van der Waals surface area contributed by atoms with Gasteiger partial charge in [0.25, 0.3) is 5.91 Å². The Kier molecular flexibility index (Phi) is 5.75. The van der Waals surface area contributed by atoms with Gasteiger partial charge in [0.1, 0.15) is 5.82 Å². The van der Waals surface area contributed by atoms with Crippen molar-refractivity contribution >= 4 is 21.8 Å². The number of methoxy groups -OCH3 is 1. The van der Waals surface area contributed by atoms with Gasteiger partial charge in [-0.15, -0.1) is 0 Å². The molecule has 1 rings (SSSR count). The van der Waals surface area contributed by atoms with E-state index >= 15 is 0 Å². The van der Waals surface area contributed by atoms with Gasteiger partial charge in [-0.1, -0.05) is 27.6 Å². The van der Waals surface area contributed by atoms with Crippen molar-refractivity contribution in [2.24, 2.45) is 0 Å². The number of carbonyl (C=O) groups is 1. The second-order valence-corrected chi connectivity index (χ2v) is 5.52. The molecule has 18 heavy (non-hydrogen) atoms. The van der Waals surface area contributed by atoms with Crippen LogP contribution in [0.25, 0.3) is 0 Å². The third-order valence-electron chi connectivity index (χ3n) is 2.52. The molecular weight excluding hydrogens is 301 g/mol. The van der Waals surface area contributed by atoms with Gasteiger partial charge in [-0.3, -0.25) is 4.79 Å². The maximum absolute atomic E-state index is 13.6. The van der Waals surface area contributed by atoms with E-state index in [1.807, 2.05) is 6.92 Å². The van der Waals surface area contributed by atoms with Gasteiger partial charge in [-0.05, 0) is 19.1 Å². The molecule has 0 heterocycles. The number of carbonyl (C=O) groups excluding carboxylic acids is 1. The molecule has 3 nitrogen and oxygen atoms in total. The summed E-state index contributed by atoms with van der Waals surface area (Å²) in [5.74, 6) is -0.813. The molecule has 0 spiro atoms. The van der Waals surface area contributed by atoms with Crippen molar-refractivity contribution < 1.29 is 13.9 Å². The normalized spacial score (nSPS) is 12.3. The number of ether oxygens (including phenoxy) is 1. The van der Waals surface area contributed by atoms with Crippen LogP contribution in [0.5, 0.6) is 0 Å². The summed E-state index contributed by atoms with van der Waals surface area (Å²) in [4.78, 5) is 13.6. The highest BCUT2D eigenvalue weighted by atomic mass is 79.9. The zero-order valence-electron chi connectivity index (χ0n) is 10.7. The van der Waals surface area contributed by atoms with Gasteiger partial charge in [0.2, 0.25) is 0 Å². The first-order valence-corrected chi connectivity index (χ1v) is 6.52. The van der Waals surface area contributed by atoms with Crippen molar-refractivity contribution in [2.45, 2.75) is 11.8 Å². The molecule has 0 aromatic heterocycles. The molecule has 0 aliphatic carbocycles. The molecule has 0 aliphatic heterocycles. The van der Waals surface area contributed by atoms with Crippen molar-refractivity contribution in [3.05, 3.63) is 35.1 Å². The minimum absolute atomic E-state index is 0.0318. The predicted molar refractivity (Wildman–Crippen MR) is 72.7 cm³/mol. The standard InChI is InChI=1S/C13H17BrFNO2/c1-9-4-5-12(15)11(6-9)13(17)16(2)7-10(14)8-18-3/h4-6,10H,7-8H2,1-3H3. The van der Waals surface area contributed by atoms with E-state index in [1.165, 1.54) is 11.0 Å². The van der Waals surface area contributed by atoms with E-state index in [9.17, 15) is 9.18 Å². The fourth-order valence-corrected chi connectivity index (χ4v) is 2.32. The van der Waals surface area contributed by atoms with Crippen LogP contribution in [0.2, 0.25) is 0 Å². The summed E-state index contributed by atoms with van der Waals surface area (Å²) in [6.45, 7) is 2.78. The molecule has 1 unspecified atom stereocenters. The molecule has 1 aromatic carbocycles. The van der Waals surface area contributed by atoms with Gasteiger partial charge >= 0.3 is 0 Å². The molecule has 0 bridgehead atoms. The van der Waals surface area contributed by atoms with Crippen molar-refractivity contribution in [3.8, 4) is 0 Å². The van der Waals surface area contributed by atoms with E-state index in [2.05, 4.69) is 15.9 Å². The monoisotopic (exact) mass is 317 g/mol. The summed E-state index contributed by atoms with van der Waals surface area (Å²) < 4.78 is 18.6. The highest BCUT2D eigenvalue weighted by Crippen LogP contribution is 2.13. The summed E-state index contributed by atoms with van der Waals surface area (Å²) in [5, 5.41) is 0. The van der Waals surface area contributed by atoms with E-state index in [1.54, 1.807) is 26.3 Å². The molecule has 0 aliphatic rings. The number of hydrogen-bond acceptors (Lipinski definition) is 2. The molecule has 0 radical (unpaired) electrons. The van der Waals surface area contributed by atoms with Crippen LogP contribution in [0.4, 0.5) is 4.39 Å². The number of nitrogens with zero attached hydrogens (tertiary/aromatic N) is 1. The first-order valence-electron chi connectivity index (χ1n) is 5.60. The number of amides is 1. The number of aryl methyl sites for hydroxylation is 1. The lowest BCUT2D eigenvalue weighted by molar-refractivity contribution is 0.0779. The zero-order chi connectivity index (χ0) is 13.7. The maximum Gasteiger partial charge on any atom is 0.256 e. The van der Waals surface area contributed by atoms with Crippen LogP contribution in [0.3, 0.4) is 0 Å². The third-order valence-corrected chi connectivity index (χ3v) is 3.07. The Labute approximate surface area is 115 Å². The molecule has 0 N–H and O–H groups in total. The molecule has 0 saturated carbocycles. The fourth-order valence-electron chi connectivity index (χ4n) is 1.62. The Balaban J connectivity index is 2.77. The molecule has 1 atom stereocenters. The first kappa shape index (κ1) is 15.1. The van der Waals surface area contributed by atoms with Crippen LogP contribution in [-0.2, 0) is 4.74 Å². The number of halogens is 2. The van der Waals surface area contributed by atoms with Crippen molar-refractivity contribution in [1.82, 2.24) is 4.90 Å². The molecule has 0 saturated heterocycles. The smallest absolute Gasteiger partial charge is 0.256 e. The van der Waals surface area contributed by atoms with Gasteiger partial charge in [0.05, 0.1) is 17.0 Å². The molecule has 5 heteroatoms. The summed E-state index contributed by atoms with van der Waals surface area (Å²) in [6.07, 6.45) is 0. The number of rotatable bonds is 5. The SMILES string of the molecule is COCC(Br)CN(C)C(=O)c1cc(C)ccc1F. The predicted octanol–water partition coefficient (Wildman–Crippen LogP) is 2.62. The quantitative estimate of drug-likeness (QED) is 0.781. The second-order valence-electron chi connectivity index (χ2n) is 4.22. The van der Waals surface area contributed by atoms with E-state index in [4.69, 9.17) is 4.74 Å². The van der Waals surface area contributed by atoms with E-state index in [-0.39, 0.29) is 16.3 Å². The van der Waals surface area contributed by atoms with Gasteiger partial charge in [0.15, 0.2) is 0 Å². The van der Waals surface area contributed by atoms with Gasteiger partial charge in [-0.25, -0.2) is 4.39 Å². The van der Waals surface area contributed by atoms with Crippen LogP contribution in [0.15, 0.2) is 18.2 Å². The largest absolute Gasteiger partial charge is 0.383 e. The Hall–Kier alpha value is -0.940. The molecule has 0 fully saturated rings. The average Bonchev–Trinajstić information content (AvgIpc) is 2.31. The van der Waals surface area contributed by atoms with Gasteiger partial charge < -0.3 is 9.64 Å². The number of alkyl halides is 1. The minimum Gasteiger partial charge on any atom is -0.383 e. The lowest BCUT2D eigenvalue weighted by Gasteiger charge is -2.20. The highest BCUT2D eigenvalue weighted by Gasteiger charge is 2.18. The highest BCUT2D eigenvalue weighted by molar-refractivity contribution is 9.09. The van der Waals surface area contributed by atoms with Crippen molar-refractivity contribution in [3.63, 3.8) is 0 Å². The molecule has 100 valence electrons. The molecule has 1 aromatic rings. The van der Waals surface area contributed by atoms with Crippen molar-refractivity contribution in [2.75, 3.05) is 27.3 Å². The van der Waals surface area contributed by atoms with Crippen LogP contribution in [0, 0.1) is 12.7 Å². The van der Waals surface area contributed by atoms with Crippen LogP contribution in [0.1, 0.15) is 15.9 Å². The zero-order valence-corrected chi connectivity index (χ0v) is 12.3. The number of benzene rings is 1. The summed E-state index contributed by atoms with van der Waals surface area (Å²) >= 11 is 3.40. The minimum atomic E-state index is -0.490. The topological polar surface area (TPSA) is 29.5 Å². The molecular formula is C13H17BrFNO2. The van der Waals surface area contributed by atoms with Crippen LogP contribution in [-0.4, -0.2) is 42.9 Å². The van der Waals surface area contributed by atoms with Gasteiger partial charge in [-0.2, -0.15) is 0 Å². The lowest BCUT2D eigenvalue weighted by Crippen LogP contribution is -2.34. The summed E-state index contributed by atoms with van der Waals surface area (Å²) in [7, 11) is 3.24. The third kappa shape index (κ3) is 4.07. The van der Waals surface area contributed by atoms with E-state index < -0.39 is 5.82 Å². The molecule has 1 amide bonds. The van der Waals surface area contributed by atoms with Crippen LogP contribution >= 0.6 is 15.9 Å². The van der Waals surface area contributed by atoms with E-state index in [0.29, 0.717) is 13.2 Å². The summed E-state index contributed by atoms with van der Waals surface area (Å²) in [5.41, 5.74) is 0.968. The van der Waals surface area contributed by atoms with Crippen LogP contribution < -0.4 is 0 Å². The Morgan fingerprint density at radius 3 is 2.83 bits per heavy atom. The van der Waals surface area contributed by atoms with Crippen molar-refractivity contribution in [1.29, 1.82) is 0 Å². The lowest BCUT2D eigenvalue weighted by atomic mass is 10.1. The fraction of sp³-hybridized carbons (Fsp3) is 0.462. The first-order chi connectivity index (χ1) is 8.45. The Bertz CT molecular complexity index is 425. The second kappa shape index (κ2) is 6.85. The maximum atomic E-state index is 13.6. The average molecular weight is 318 g/mol. The Morgan fingerprint density at radius 2 is 2.22 bits per heavy atom. The van der Waals surface area contributed by atoms with E-state index in [0.717, 1.165) is 5.56 Å². The summed E-state index contributed by atoms with van der Waals surface area (Å²) in [6, 6.07) is 4.52.